The predicted octanol–water partition coefficient (Wildman–Crippen LogP) is 4.31. The molecule has 28 heavy (non-hydrogen) atoms. The summed E-state index contributed by atoms with van der Waals surface area (Å²) in [6, 6.07) is 16.3. The van der Waals surface area contributed by atoms with Gasteiger partial charge in [-0.1, -0.05) is 35.9 Å². The van der Waals surface area contributed by atoms with Crippen molar-refractivity contribution in [2.45, 2.75) is 13.8 Å². The predicted molar refractivity (Wildman–Crippen MR) is 109 cm³/mol. The number of amides is 2. The van der Waals surface area contributed by atoms with E-state index in [1.165, 1.54) is 6.21 Å². The summed E-state index contributed by atoms with van der Waals surface area (Å²) >= 11 is 5.97. The summed E-state index contributed by atoms with van der Waals surface area (Å²) in [4.78, 5) is 23.9. The lowest BCUT2D eigenvalue weighted by Gasteiger charge is -2.08. The molecule has 0 spiro atoms. The molecule has 6 nitrogen and oxygen atoms in total. The van der Waals surface area contributed by atoms with Gasteiger partial charge in [0.25, 0.3) is 0 Å². The Morgan fingerprint density at radius 3 is 2.64 bits per heavy atom. The highest BCUT2D eigenvalue weighted by molar-refractivity contribution is 6.39. The zero-order valence-corrected chi connectivity index (χ0v) is 16.1. The van der Waals surface area contributed by atoms with Crippen molar-refractivity contribution >= 4 is 35.3 Å². The molecule has 0 saturated heterocycles. The minimum atomic E-state index is -0.876. The third-order valence-corrected chi connectivity index (χ3v) is 4.18. The van der Waals surface area contributed by atoms with Crippen LogP contribution in [0.15, 0.2) is 64.1 Å². The lowest BCUT2D eigenvalue weighted by atomic mass is 10.1. The van der Waals surface area contributed by atoms with Gasteiger partial charge < -0.3 is 9.73 Å². The van der Waals surface area contributed by atoms with Crippen LogP contribution in [0.25, 0.3) is 11.3 Å². The molecule has 0 saturated carbocycles. The third-order valence-electron chi connectivity index (χ3n) is 3.94. The molecule has 0 unspecified atom stereocenters. The molecule has 0 fully saturated rings. The van der Waals surface area contributed by atoms with Crippen LogP contribution in [0.2, 0.25) is 5.02 Å². The van der Waals surface area contributed by atoms with Gasteiger partial charge in [-0.05, 0) is 55.3 Å². The van der Waals surface area contributed by atoms with E-state index in [0.717, 1.165) is 16.7 Å². The van der Waals surface area contributed by atoms with Crippen LogP contribution in [0.3, 0.4) is 0 Å². The molecule has 0 radical (unpaired) electrons. The molecule has 2 amide bonds. The number of halogens is 1. The Bertz CT molecular complexity index is 1060. The molecule has 0 aliphatic rings. The Morgan fingerprint density at radius 1 is 1.04 bits per heavy atom. The zero-order valence-electron chi connectivity index (χ0n) is 15.3. The second kappa shape index (κ2) is 8.54. The fourth-order valence-corrected chi connectivity index (χ4v) is 2.66. The van der Waals surface area contributed by atoms with E-state index in [4.69, 9.17) is 16.0 Å². The van der Waals surface area contributed by atoms with Crippen LogP contribution in [0.1, 0.15) is 16.9 Å². The zero-order chi connectivity index (χ0) is 20.1. The number of benzene rings is 2. The van der Waals surface area contributed by atoms with Crippen LogP contribution in [0, 0.1) is 13.8 Å². The highest BCUT2D eigenvalue weighted by Gasteiger charge is 2.14. The van der Waals surface area contributed by atoms with Crippen LogP contribution in [0.4, 0.5) is 5.69 Å². The van der Waals surface area contributed by atoms with Crippen LogP contribution in [0.5, 0.6) is 0 Å². The average Bonchev–Trinajstić information content (AvgIpc) is 3.13. The Kier molecular flexibility index (Phi) is 5.91. The molecule has 2 N–H and O–H groups in total. The van der Waals surface area contributed by atoms with Crippen molar-refractivity contribution in [3.63, 3.8) is 0 Å². The van der Waals surface area contributed by atoms with Crippen molar-refractivity contribution in [2.75, 3.05) is 5.32 Å². The number of carbonyl (C=O) groups excluding carboxylic acids is 2. The van der Waals surface area contributed by atoms with Crippen LogP contribution in [-0.2, 0) is 9.59 Å². The number of hydrazone groups is 1. The van der Waals surface area contributed by atoms with Crippen molar-refractivity contribution in [3.8, 4) is 11.3 Å². The third kappa shape index (κ3) is 4.86. The van der Waals surface area contributed by atoms with Crippen LogP contribution < -0.4 is 10.7 Å². The van der Waals surface area contributed by atoms with E-state index in [0.29, 0.717) is 22.2 Å². The first-order valence-electron chi connectivity index (χ1n) is 8.50. The molecule has 0 atom stereocenters. The van der Waals surface area contributed by atoms with E-state index in [9.17, 15) is 9.59 Å². The Morgan fingerprint density at radius 2 is 1.86 bits per heavy atom. The van der Waals surface area contributed by atoms with Crippen molar-refractivity contribution in [2.24, 2.45) is 5.10 Å². The van der Waals surface area contributed by atoms with Crippen molar-refractivity contribution in [1.82, 2.24) is 5.43 Å². The van der Waals surface area contributed by atoms with Crippen LogP contribution >= 0.6 is 11.6 Å². The molecule has 1 heterocycles. The summed E-state index contributed by atoms with van der Waals surface area (Å²) in [6.45, 7) is 3.75. The Hall–Kier alpha value is -3.38. The molecule has 0 aliphatic heterocycles. The Labute approximate surface area is 167 Å². The molecule has 0 bridgehead atoms. The lowest BCUT2D eigenvalue weighted by Crippen LogP contribution is -2.32. The van der Waals surface area contributed by atoms with Gasteiger partial charge in [-0.15, -0.1) is 0 Å². The van der Waals surface area contributed by atoms with Gasteiger partial charge in [0.05, 0.1) is 6.21 Å². The van der Waals surface area contributed by atoms with Crippen molar-refractivity contribution in [1.29, 1.82) is 0 Å². The summed E-state index contributed by atoms with van der Waals surface area (Å²) in [5, 5.41) is 6.94. The maximum Gasteiger partial charge on any atom is 0.329 e. The van der Waals surface area contributed by atoms with Gasteiger partial charge in [-0.3, -0.25) is 9.59 Å². The standard InChI is InChI=1S/C21H18ClN3O3/c1-13-6-7-14(2)18(10-13)24-20(26)21(27)25-23-12-17-8-9-19(28-17)15-4-3-5-16(22)11-15/h3-12H,1-2H3,(H,24,26)(H,25,27)/b23-12+. The summed E-state index contributed by atoms with van der Waals surface area (Å²) in [7, 11) is 0. The summed E-state index contributed by atoms with van der Waals surface area (Å²) in [5.74, 6) is -0.642. The van der Waals surface area contributed by atoms with E-state index in [1.54, 1.807) is 30.3 Å². The van der Waals surface area contributed by atoms with Crippen molar-refractivity contribution in [3.05, 3.63) is 76.5 Å². The molecule has 0 aliphatic carbocycles. The number of furan rings is 1. The van der Waals surface area contributed by atoms with E-state index in [-0.39, 0.29) is 0 Å². The topological polar surface area (TPSA) is 83.7 Å². The SMILES string of the molecule is Cc1ccc(C)c(NC(=O)C(=O)N/N=C/c2ccc(-c3cccc(Cl)c3)o2)c1. The smallest absolute Gasteiger partial charge is 0.329 e. The number of rotatable bonds is 4. The van der Waals surface area contributed by atoms with E-state index in [1.807, 2.05) is 38.1 Å². The quantitative estimate of drug-likeness (QED) is 0.392. The molecule has 7 heteroatoms. The first kappa shape index (κ1) is 19.4. The van der Waals surface area contributed by atoms with E-state index >= 15 is 0 Å². The van der Waals surface area contributed by atoms with Gasteiger partial charge in [0, 0.05) is 16.3 Å². The minimum absolute atomic E-state index is 0.421. The number of nitrogens with zero attached hydrogens (tertiary/aromatic N) is 1. The normalized spacial score (nSPS) is 10.8. The fraction of sp³-hybridized carbons (Fsp3) is 0.0952. The number of hydrogen-bond donors (Lipinski definition) is 2. The van der Waals surface area contributed by atoms with Gasteiger partial charge >= 0.3 is 11.8 Å². The Balaban J connectivity index is 1.59. The van der Waals surface area contributed by atoms with Gasteiger partial charge in [0.2, 0.25) is 0 Å². The van der Waals surface area contributed by atoms with Gasteiger partial charge in [-0.2, -0.15) is 5.10 Å². The maximum absolute atomic E-state index is 12.0. The van der Waals surface area contributed by atoms with Crippen molar-refractivity contribution < 1.29 is 14.0 Å². The summed E-state index contributed by atoms with van der Waals surface area (Å²) < 4.78 is 5.63. The van der Waals surface area contributed by atoms with Gasteiger partial charge in [0.15, 0.2) is 0 Å². The second-order valence-corrected chi connectivity index (χ2v) is 6.62. The van der Waals surface area contributed by atoms with E-state index in [2.05, 4.69) is 15.8 Å². The monoisotopic (exact) mass is 395 g/mol. The summed E-state index contributed by atoms with van der Waals surface area (Å²) in [6.07, 6.45) is 1.32. The molecular formula is C21H18ClN3O3. The van der Waals surface area contributed by atoms with Gasteiger partial charge in [-0.25, -0.2) is 5.43 Å². The molecular weight excluding hydrogens is 378 g/mol. The molecule has 2 aromatic carbocycles. The first-order chi connectivity index (χ1) is 13.4. The highest BCUT2D eigenvalue weighted by Crippen LogP contribution is 2.24. The number of nitrogens with one attached hydrogen (secondary N) is 2. The molecule has 3 rings (SSSR count). The number of hydrogen-bond acceptors (Lipinski definition) is 4. The minimum Gasteiger partial charge on any atom is -0.455 e. The fourth-order valence-electron chi connectivity index (χ4n) is 2.47. The molecule has 1 aromatic heterocycles. The van der Waals surface area contributed by atoms with Crippen LogP contribution in [-0.4, -0.2) is 18.0 Å². The number of aryl methyl sites for hydroxylation is 2. The van der Waals surface area contributed by atoms with E-state index < -0.39 is 11.8 Å². The summed E-state index contributed by atoms with van der Waals surface area (Å²) in [5.41, 5.74) is 5.43. The lowest BCUT2D eigenvalue weighted by molar-refractivity contribution is -0.136. The largest absolute Gasteiger partial charge is 0.455 e. The molecule has 3 aromatic rings. The van der Waals surface area contributed by atoms with Gasteiger partial charge in [0.1, 0.15) is 11.5 Å². The molecule has 142 valence electrons. The average molecular weight is 396 g/mol. The number of anilines is 1. The highest BCUT2D eigenvalue weighted by atomic mass is 35.5. The first-order valence-corrected chi connectivity index (χ1v) is 8.87. The second-order valence-electron chi connectivity index (χ2n) is 6.18. The number of carbonyl (C=O) groups is 2. The maximum atomic E-state index is 12.0.